The number of carbonyl (C=O) groups is 2. The maximum atomic E-state index is 13.9. The molecular weight excluding hydrogens is 392 g/mol. The van der Waals surface area contributed by atoms with E-state index in [0.29, 0.717) is 30.7 Å². The maximum Gasteiger partial charge on any atom is 0.229 e. The predicted molar refractivity (Wildman–Crippen MR) is 104 cm³/mol. The van der Waals surface area contributed by atoms with E-state index in [1.807, 2.05) is 0 Å². The van der Waals surface area contributed by atoms with Crippen molar-refractivity contribution in [3.63, 3.8) is 0 Å². The van der Waals surface area contributed by atoms with E-state index in [4.69, 9.17) is 10.5 Å². The highest BCUT2D eigenvalue weighted by Crippen LogP contribution is 2.28. The highest BCUT2D eigenvalue weighted by atomic mass is 35.5. The lowest BCUT2D eigenvalue weighted by molar-refractivity contribution is -0.122. The van der Waals surface area contributed by atoms with Crippen LogP contribution in [0.25, 0.3) is 0 Å². The van der Waals surface area contributed by atoms with Gasteiger partial charge in [0.05, 0.1) is 11.6 Å². The number of anilines is 2. The highest BCUT2D eigenvalue weighted by Gasteiger charge is 2.36. The number of nitrogens with two attached hydrogens (primary N) is 1. The number of ether oxygens (including phenoxy) is 1. The van der Waals surface area contributed by atoms with Crippen molar-refractivity contribution < 1.29 is 23.1 Å². The van der Waals surface area contributed by atoms with Crippen molar-refractivity contribution in [2.24, 2.45) is 11.7 Å². The standard InChI is InChI=1S/C19H19F2N3O3.ClH/c20-13-1-6-17(16(21)10-13)24-11-12(9-18(24)25)19(26)23-14-2-4-15(5-3-14)27-8-7-22;/h1-6,10,12H,7-9,11,22H2,(H,23,26);1H. The minimum absolute atomic E-state index is 0. The molecule has 9 heteroatoms. The van der Waals surface area contributed by atoms with Crippen LogP contribution in [0.2, 0.25) is 0 Å². The van der Waals surface area contributed by atoms with E-state index < -0.39 is 17.6 Å². The Kier molecular flexibility index (Phi) is 7.31. The largest absolute Gasteiger partial charge is 0.492 e. The van der Waals surface area contributed by atoms with Crippen molar-refractivity contribution >= 4 is 35.6 Å². The van der Waals surface area contributed by atoms with Crippen molar-refractivity contribution in [3.8, 4) is 5.75 Å². The molecule has 28 heavy (non-hydrogen) atoms. The number of halogens is 3. The van der Waals surface area contributed by atoms with Crippen LogP contribution < -0.4 is 20.7 Å². The number of carbonyl (C=O) groups excluding carboxylic acids is 2. The fraction of sp³-hybridized carbons (Fsp3) is 0.263. The van der Waals surface area contributed by atoms with Crippen LogP contribution in [0.15, 0.2) is 42.5 Å². The number of rotatable bonds is 6. The Hall–Kier alpha value is -2.71. The molecule has 1 heterocycles. The number of benzene rings is 2. The van der Waals surface area contributed by atoms with Crippen molar-refractivity contribution in [2.75, 3.05) is 29.9 Å². The fourth-order valence-electron chi connectivity index (χ4n) is 2.87. The molecular formula is C19H20ClF2N3O3. The summed E-state index contributed by atoms with van der Waals surface area (Å²) in [5.74, 6) is -2.29. The van der Waals surface area contributed by atoms with Gasteiger partial charge in [-0.25, -0.2) is 8.78 Å². The molecule has 0 aromatic heterocycles. The van der Waals surface area contributed by atoms with Crippen molar-refractivity contribution in [1.82, 2.24) is 0 Å². The van der Waals surface area contributed by atoms with Crippen LogP contribution in [-0.4, -0.2) is 31.5 Å². The highest BCUT2D eigenvalue weighted by molar-refractivity contribution is 6.03. The molecule has 2 amide bonds. The zero-order chi connectivity index (χ0) is 19.4. The normalized spacial score (nSPS) is 15.9. The molecule has 1 atom stereocenters. The van der Waals surface area contributed by atoms with E-state index in [0.717, 1.165) is 6.07 Å². The summed E-state index contributed by atoms with van der Waals surface area (Å²) in [5, 5.41) is 2.73. The first kappa shape index (κ1) is 21.6. The minimum Gasteiger partial charge on any atom is -0.492 e. The second-order valence-electron chi connectivity index (χ2n) is 6.15. The SMILES string of the molecule is Cl.NCCOc1ccc(NC(=O)C2CC(=O)N(c3ccc(F)cc3F)C2)cc1. The second-order valence-corrected chi connectivity index (χ2v) is 6.15. The third-order valence-electron chi connectivity index (χ3n) is 4.20. The summed E-state index contributed by atoms with van der Waals surface area (Å²) < 4.78 is 32.3. The number of nitrogens with one attached hydrogen (secondary N) is 1. The molecule has 6 nitrogen and oxygen atoms in total. The zero-order valence-corrected chi connectivity index (χ0v) is 15.7. The smallest absolute Gasteiger partial charge is 0.229 e. The van der Waals surface area contributed by atoms with Gasteiger partial charge < -0.3 is 20.7 Å². The van der Waals surface area contributed by atoms with Crippen molar-refractivity contribution in [2.45, 2.75) is 6.42 Å². The Morgan fingerprint density at radius 1 is 1.21 bits per heavy atom. The number of hydrogen-bond acceptors (Lipinski definition) is 4. The average Bonchev–Trinajstić information content (AvgIpc) is 3.03. The second kappa shape index (κ2) is 9.48. The Balaban J connectivity index is 0.00000280. The first-order valence-electron chi connectivity index (χ1n) is 8.47. The summed E-state index contributed by atoms with van der Waals surface area (Å²) in [6, 6.07) is 9.74. The first-order chi connectivity index (χ1) is 13.0. The summed E-state index contributed by atoms with van der Waals surface area (Å²) in [6.07, 6.45) is -0.0413. The third-order valence-corrected chi connectivity index (χ3v) is 4.20. The monoisotopic (exact) mass is 411 g/mol. The van der Waals surface area contributed by atoms with E-state index in [-0.39, 0.29) is 42.9 Å². The number of amides is 2. The van der Waals surface area contributed by atoms with E-state index in [1.54, 1.807) is 24.3 Å². The molecule has 2 aromatic carbocycles. The molecule has 0 spiro atoms. The summed E-state index contributed by atoms with van der Waals surface area (Å²) in [4.78, 5) is 25.8. The topological polar surface area (TPSA) is 84.7 Å². The lowest BCUT2D eigenvalue weighted by atomic mass is 10.1. The third kappa shape index (κ3) is 4.96. The van der Waals surface area contributed by atoms with Crippen LogP contribution in [0.4, 0.5) is 20.2 Å². The van der Waals surface area contributed by atoms with Crippen LogP contribution in [0.3, 0.4) is 0 Å². The van der Waals surface area contributed by atoms with Gasteiger partial charge in [0.2, 0.25) is 11.8 Å². The molecule has 0 radical (unpaired) electrons. The van der Waals surface area contributed by atoms with Gasteiger partial charge >= 0.3 is 0 Å². The lowest BCUT2D eigenvalue weighted by Gasteiger charge is -2.17. The van der Waals surface area contributed by atoms with Crippen LogP contribution >= 0.6 is 12.4 Å². The quantitative estimate of drug-likeness (QED) is 0.765. The summed E-state index contributed by atoms with van der Waals surface area (Å²) in [5.41, 5.74) is 5.89. The molecule has 3 N–H and O–H groups in total. The number of nitrogens with zero attached hydrogens (tertiary/aromatic N) is 1. The Morgan fingerprint density at radius 3 is 2.57 bits per heavy atom. The van der Waals surface area contributed by atoms with Crippen LogP contribution in [0.5, 0.6) is 5.75 Å². The molecule has 0 saturated carbocycles. The summed E-state index contributed by atoms with van der Waals surface area (Å²) in [6.45, 7) is 0.829. The Labute approximate surface area is 167 Å². The maximum absolute atomic E-state index is 13.9. The van der Waals surface area contributed by atoms with E-state index >= 15 is 0 Å². The molecule has 3 rings (SSSR count). The van der Waals surface area contributed by atoms with Gasteiger partial charge in [0.15, 0.2) is 0 Å². The summed E-state index contributed by atoms with van der Waals surface area (Å²) in [7, 11) is 0. The molecule has 2 aromatic rings. The predicted octanol–water partition coefficient (Wildman–Crippen LogP) is 2.72. The van der Waals surface area contributed by atoms with Gasteiger partial charge in [-0.05, 0) is 36.4 Å². The number of hydrogen-bond donors (Lipinski definition) is 2. The van der Waals surface area contributed by atoms with Gasteiger partial charge in [-0.3, -0.25) is 9.59 Å². The molecule has 1 saturated heterocycles. The summed E-state index contributed by atoms with van der Waals surface area (Å²) >= 11 is 0. The molecule has 1 aliphatic heterocycles. The lowest BCUT2D eigenvalue weighted by Crippen LogP contribution is -2.28. The van der Waals surface area contributed by atoms with Gasteiger partial charge in [-0.2, -0.15) is 0 Å². The van der Waals surface area contributed by atoms with Crippen LogP contribution in [0.1, 0.15) is 6.42 Å². The molecule has 1 fully saturated rings. The molecule has 0 bridgehead atoms. The van der Waals surface area contributed by atoms with Gasteiger partial charge in [0.25, 0.3) is 0 Å². The molecule has 1 aliphatic rings. The van der Waals surface area contributed by atoms with Crippen LogP contribution in [0, 0.1) is 17.6 Å². The Bertz CT molecular complexity index is 849. The molecule has 0 aliphatic carbocycles. The van der Waals surface area contributed by atoms with E-state index in [9.17, 15) is 18.4 Å². The van der Waals surface area contributed by atoms with Gasteiger partial charge in [-0.1, -0.05) is 0 Å². The molecule has 150 valence electrons. The van der Waals surface area contributed by atoms with Gasteiger partial charge in [0, 0.05) is 31.3 Å². The minimum atomic E-state index is -0.836. The Morgan fingerprint density at radius 2 is 1.93 bits per heavy atom. The van der Waals surface area contributed by atoms with Crippen LogP contribution in [-0.2, 0) is 9.59 Å². The van der Waals surface area contributed by atoms with E-state index in [2.05, 4.69) is 5.32 Å². The van der Waals surface area contributed by atoms with E-state index in [1.165, 1.54) is 11.0 Å². The zero-order valence-electron chi connectivity index (χ0n) is 14.9. The van der Waals surface area contributed by atoms with Crippen molar-refractivity contribution in [3.05, 3.63) is 54.1 Å². The van der Waals surface area contributed by atoms with Crippen molar-refractivity contribution in [1.29, 1.82) is 0 Å². The molecule has 1 unspecified atom stereocenters. The average molecular weight is 412 g/mol. The van der Waals surface area contributed by atoms with Gasteiger partial charge in [0.1, 0.15) is 24.0 Å². The first-order valence-corrected chi connectivity index (χ1v) is 8.47. The fourth-order valence-corrected chi connectivity index (χ4v) is 2.87. The van der Waals surface area contributed by atoms with Gasteiger partial charge in [-0.15, -0.1) is 12.4 Å².